The van der Waals surface area contributed by atoms with Crippen molar-refractivity contribution in [2.75, 3.05) is 31.2 Å². The number of ether oxygens (including phenoxy) is 1. The fraction of sp³-hybridized carbons (Fsp3) is 0.304. The first-order valence-corrected chi connectivity index (χ1v) is 9.53. The summed E-state index contributed by atoms with van der Waals surface area (Å²) < 4.78 is 19.4. The molecule has 0 spiro atoms. The number of fused-ring (bicyclic) bond motifs is 1. The molecule has 0 radical (unpaired) electrons. The Balaban J connectivity index is 0.00000225. The van der Waals surface area contributed by atoms with Gasteiger partial charge >= 0.3 is 0 Å². The molecule has 0 aromatic heterocycles. The van der Waals surface area contributed by atoms with Gasteiger partial charge in [-0.05, 0) is 41.5 Å². The van der Waals surface area contributed by atoms with Gasteiger partial charge in [0.25, 0.3) is 0 Å². The highest BCUT2D eigenvalue weighted by molar-refractivity contribution is 5.86. The van der Waals surface area contributed by atoms with Crippen LogP contribution in [0, 0.1) is 5.82 Å². The molecule has 1 N–H and O–H groups in total. The zero-order valence-electron chi connectivity index (χ0n) is 16.0. The lowest BCUT2D eigenvalue weighted by Crippen LogP contribution is -2.51. The fourth-order valence-corrected chi connectivity index (χ4v) is 3.87. The van der Waals surface area contributed by atoms with Crippen molar-refractivity contribution >= 4 is 28.9 Å². The van der Waals surface area contributed by atoms with Crippen LogP contribution in [0.3, 0.4) is 0 Å². The second-order valence-electron chi connectivity index (χ2n) is 7.10. The average molecular weight is 401 g/mol. The van der Waals surface area contributed by atoms with Crippen LogP contribution in [0.5, 0.6) is 0 Å². The number of nitrogens with one attached hydrogen (secondary N) is 1. The molecule has 1 aliphatic rings. The maximum atomic E-state index is 13.7. The second kappa shape index (κ2) is 9.37. The van der Waals surface area contributed by atoms with Gasteiger partial charge in [0.1, 0.15) is 5.82 Å². The molecule has 0 aliphatic carbocycles. The van der Waals surface area contributed by atoms with Crippen LogP contribution in [0.25, 0.3) is 10.8 Å². The Hall–Kier alpha value is -2.14. The quantitative estimate of drug-likeness (QED) is 0.655. The first-order valence-electron chi connectivity index (χ1n) is 9.53. The van der Waals surface area contributed by atoms with Crippen molar-refractivity contribution in [1.82, 2.24) is 5.32 Å². The molecular weight excluding hydrogens is 375 g/mol. The summed E-state index contributed by atoms with van der Waals surface area (Å²) in [5, 5.41) is 6.19. The van der Waals surface area contributed by atoms with Crippen molar-refractivity contribution in [2.45, 2.75) is 19.0 Å². The Morgan fingerprint density at radius 3 is 2.75 bits per heavy atom. The lowest BCUT2D eigenvalue weighted by atomic mass is 9.99. The van der Waals surface area contributed by atoms with E-state index in [9.17, 15) is 4.39 Å². The van der Waals surface area contributed by atoms with E-state index in [2.05, 4.69) is 59.6 Å². The predicted molar refractivity (Wildman–Crippen MR) is 116 cm³/mol. The van der Waals surface area contributed by atoms with Crippen molar-refractivity contribution in [3.8, 4) is 0 Å². The highest BCUT2D eigenvalue weighted by Gasteiger charge is 2.24. The van der Waals surface area contributed by atoms with E-state index in [0.717, 1.165) is 18.8 Å². The number of halogens is 2. The van der Waals surface area contributed by atoms with E-state index < -0.39 is 0 Å². The van der Waals surface area contributed by atoms with Gasteiger partial charge in [0, 0.05) is 24.8 Å². The predicted octanol–water partition coefficient (Wildman–Crippen LogP) is 4.96. The summed E-state index contributed by atoms with van der Waals surface area (Å²) in [5.41, 5.74) is 2.21. The largest absolute Gasteiger partial charge is 0.377 e. The van der Waals surface area contributed by atoms with Gasteiger partial charge in [-0.25, -0.2) is 4.39 Å². The lowest BCUT2D eigenvalue weighted by Gasteiger charge is -2.38. The molecular formula is C23H26ClFN2O. The Morgan fingerprint density at radius 1 is 1.11 bits per heavy atom. The maximum Gasteiger partial charge on any atom is 0.125 e. The van der Waals surface area contributed by atoms with Gasteiger partial charge in [-0.1, -0.05) is 48.5 Å². The Kier molecular flexibility index (Phi) is 6.89. The molecule has 28 heavy (non-hydrogen) atoms. The molecule has 1 aliphatic heterocycles. The molecule has 3 aromatic rings. The maximum absolute atomic E-state index is 13.7. The smallest absolute Gasteiger partial charge is 0.125 e. The summed E-state index contributed by atoms with van der Waals surface area (Å²) >= 11 is 0. The molecule has 1 heterocycles. The van der Waals surface area contributed by atoms with Gasteiger partial charge in [-0.3, -0.25) is 0 Å². The zero-order chi connectivity index (χ0) is 18.6. The minimum Gasteiger partial charge on any atom is -0.377 e. The number of anilines is 1. The third kappa shape index (κ3) is 4.46. The Morgan fingerprint density at radius 2 is 1.89 bits per heavy atom. The lowest BCUT2D eigenvalue weighted by molar-refractivity contribution is 0.0930. The molecule has 1 saturated heterocycles. The molecule has 5 heteroatoms. The number of rotatable bonds is 5. The number of morpholine rings is 1. The molecule has 148 valence electrons. The summed E-state index contributed by atoms with van der Waals surface area (Å²) in [4.78, 5) is 2.25. The molecule has 4 rings (SSSR count). The summed E-state index contributed by atoms with van der Waals surface area (Å²) in [5.74, 6) is -0.199. The first kappa shape index (κ1) is 20.6. The molecule has 3 aromatic carbocycles. The molecule has 0 bridgehead atoms. The SMILES string of the molecule is C[C@@H](NCC1COCCN1c1cccc(F)c1)c1cccc2ccccc12.Cl. The van der Waals surface area contributed by atoms with Crippen LogP contribution >= 0.6 is 12.4 Å². The zero-order valence-corrected chi connectivity index (χ0v) is 16.8. The van der Waals surface area contributed by atoms with Crippen LogP contribution in [0.15, 0.2) is 66.7 Å². The summed E-state index contributed by atoms with van der Waals surface area (Å²) in [6.07, 6.45) is 0. The van der Waals surface area contributed by atoms with Crippen LogP contribution < -0.4 is 10.2 Å². The Labute approximate surface area is 171 Å². The van der Waals surface area contributed by atoms with Gasteiger partial charge in [0.15, 0.2) is 0 Å². The fourth-order valence-electron chi connectivity index (χ4n) is 3.87. The van der Waals surface area contributed by atoms with Crippen molar-refractivity contribution in [2.24, 2.45) is 0 Å². The van der Waals surface area contributed by atoms with Crippen LogP contribution in [0.4, 0.5) is 10.1 Å². The van der Waals surface area contributed by atoms with E-state index in [1.807, 2.05) is 6.07 Å². The minimum absolute atomic E-state index is 0. The molecule has 1 fully saturated rings. The van der Waals surface area contributed by atoms with Crippen molar-refractivity contribution in [3.05, 3.63) is 78.1 Å². The second-order valence-corrected chi connectivity index (χ2v) is 7.10. The van der Waals surface area contributed by atoms with Gasteiger partial charge in [-0.2, -0.15) is 0 Å². The van der Waals surface area contributed by atoms with Crippen LogP contribution in [0.2, 0.25) is 0 Å². The topological polar surface area (TPSA) is 24.5 Å². The third-order valence-corrected chi connectivity index (χ3v) is 5.32. The summed E-state index contributed by atoms with van der Waals surface area (Å²) in [7, 11) is 0. The molecule has 0 amide bonds. The first-order chi connectivity index (χ1) is 13.2. The van der Waals surface area contributed by atoms with Crippen molar-refractivity contribution in [3.63, 3.8) is 0 Å². The molecule has 2 atom stereocenters. The highest BCUT2D eigenvalue weighted by Crippen LogP contribution is 2.25. The molecule has 1 unspecified atom stereocenters. The summed E-state index contributed by atoms with van der Waals surface area (Å²) in [6.45, 7) is 5.06. The van der Waals surface area contributed by atoms with E-state index >= 15 is 0 Å². The molecule has 0 saturated carbocycles. The summed E-state index contributed by atoms with van der Waals surface area (Å²) in [6, 6.07) is 22.1. The van der Waals surface area contributed by atoms with Crippen molar-refractivity contribution < 1.29 is 9.13 Å². The van der Waals surface area contributed by atoms with Gasteiger partial charge in [0.05, 0.1) is 19.3 Å². The number of benzene rings is 3. The van der Waals surface area contributed by atoms with Gasteiger partial charge in [-0.15, -0.1) is 12.4 Å². The number of hydrogen-bond acceptors (Lipinski definition) is 3. The normalized spacial score (nSPS) is 17.9. The number of hydrogen-bond donors (Lipinski definition) is 1. The monoisotopic (exact) mass is 400 g/mol. The van der Waals surface area contributed by atoms with Gasteiger partial charge < -0.3 is 15.0 Å². The van der Waals surface area contributed by atoms with E-state index in [1.54, 1.807) is 12.1 Å². The number of nitrogens with zero attached hydrogens (tertiary/aromatic N) is 1. The minimum atomic E-state index is -0.199. The van der Waals surface area contributed by atoms with E-state index in [-0.39, 0.29) is 30.3 Å². The highest BCUT2D eigenvalue weighted by atomic mass is 35.5. The van der Waals surface area contributed by atoms with Gasteiger partial charge in [0.2, 0.25) is 0 Å². The van der Waals surface area contributed by atoms with Crippen LogP contribution in [0.1, 0.15) is 18.5 Å². The van der Waals surface area contributed by atoms with E-state index in [0.29, 0.717) is 13.2 Å². The third-order valence-electron chi connectivity index (χ3n) is 5.32. The van der Waals surface area contributed by atoms with Crippen LogP contribution in [-0.4, -0.2) is 32.3 Å². The average Bonchev–Trinajstić information content (AvgIpc) is 2.72. The Bertz CT molecular complexity index is 915. The van der Waals surface area contributed by atoms with Crippen molar-refractivity contribution in [1.29, 1.82) is 0 Å². The van der Waals surface area contributed by atoms with Crippen LogP contribution in [-0.2, 0) is 4.74 Å². The standard InChI is InChI=1S/C23H25FN2O.ClH/c1-17(22-11-4-7-18-6-2-3-10-23(18)22)25-15-21-16-27-13-12-26(21)20-9-5-8-19(24)14-20;/h2-11,14,17,21,25H,12-13,15-16H2,1H3;1H/t17-,21?;/m1./s1. The molecule has 3 nitrogen and oxygen atoms in total. The van der Waals surface area contributed by atoms with E-state index in [1.165, 1.54) is 22.4 Å². The van der Waals surface area contributed by atoms with E-state index in [4.69, 9.17) is 4.74 Å².